The van der Waals surface area contributed by atoms with E-state index in [2.05, 4.69) is 15.2 Å². The van der Waals surface area contributed by atoms with E-state index in [4.69, 9.17) is 0 Å². The number of rotatable bonds is 8. The molecule has 4 rings (SSSR count). The summed E-state index contributed by atoms with van der Waals surface area (Å²) in [6.07, 6.45) is 1.53. The average Bonchev–Trinajstić information content (AvgIpc) is 3.33. The van der Waals surface area contributed by atoms with Crippen LogP contribution >= 0.6 is 11.8 Å². The quantitative estimate of drug-likeness (QED) is 0.309. The van der Waals surface area contributed by atoms with Crippen molar-refractivity contribution in [1.82, 2.24) is 23.9 Å². The number of H-pyrrole nitrogens is 1. The Morgan fingerprint density at radius 3 is 2.59 bits per heavy atom. The first-order chi connectivity index (χ1) is 15.3. The molecule has 0 aliphatic heterocycles. The number of ketones is 1. The lowest BCUT2D eigenvalue weighted by atomic mass is 10.1. The first-order valence-corrected chi connectivity index (χ1v) is 12.7. The fourth-order valence-corrected chi connectivity index (χ4v) is 6.15. The second-order valence-corrected chi connectivity index (χ2v) is 10.7. The summed E-state index contributed by atoms with van der Waals surface area (Å²) in [5, 5.41) is 9.25. The summed E-state index contributed by atoms with van der Waals surface area (Å²) >= 11 is 1.26. The summed E-state index contributed by atoms with van der Waals surface area (Å²) in [4.78, 5) is 16.7. The van der Waals surface area contributed by atoms with Gasteiger partial charge < -0.3 is 4.98 Å². The van der Waals surface area contributed by atoms with Gasteiger partial charge in [0.2, 0.25) is 10.0 Å². The van der Waals surface area contributed by atoms with E-state index in [-0.39, 0.29) is 10.7 Å². The molecule has 1 N–H and O–H groups in total. The second-order valence-electron chi connectivity index (χ2n) is 7.46. The monoisotopic (exact) mass is 471 g/mol. The molecule has 0 radical (unpaired) electrons. The summed E-state index contributed by atoms with van der Waals surface area (Å²) in [6.45, 7) is 8.10. The Balaban J connectivity index is 1.67. The van der Waals surface area contributed by atoms with Crippen molar-refractivity contribution in [2.24, 2.45) is 0 Å². The Kier molecular flexibility index (Phi) is 6.11. The number of hydrogen-bond donors (Lipinski definition) is 1. The Bertz CT molecular complexity index is 1400. The average molecular weight is 472 g/mol. The number of Topliss-reactive ketones (excluding diaryl/α,β-unsaturated/α-hetero) is 1. The molecule has 10 heteroatoms. The van der Waals surface area contributed by atoms with Gasteiger partial charge in [-0.1, -0.05) is 43.8 Å². The molecule has 0 bridgehead atoms. The van der Waals surface area contributed by atoms with Crippen LogP contribution in [0.25, 0.3) is 16.6 Å². The third-order valence-electron chi connectivity index (χ3n) is 5.48. The number of benzene rings is 1. The minimum atomic E-state index is -3.62. The van der Waals surface area contributed by atoms with E-state index >= 15 is 0 Å². The van der Waals surface area contributed by atoms with Crippen LogP contribution in [0.1, 0.15) is 36.8 Å². The van der Waals surface area contributed by atoms with Crippen LogP contribution in [-0.4, -0.2) is 56.4 Å². The molecule has 1 atom stereocenters. The van der Waals surface area contributed by atoms with Gasteiger partial charge >= 0.3 is 0 Å². The number of nitrogens with zero attached hydrogens (tertiary/aromatic N) is 4. The number of aromatic nitrogens is 4. The highest BCUT2D eigenvalue weighted by Crippen LogP contribution is 2.30. The van der Waals surface area contributed by atoms with Crippen molar-refractivity contribution in [1.29, 1.82) is 0 Å². The molecule has 0 unspecified atom stereocenters. The molecular weight excluding hydrogens is 446 g/mol. The van der Waals surface area contributed by atoms with Crippen molar-refractivity contribution in [2.75, 3.05) is 13.1 Å². The van der Waals surface area contributed by atoms with Gasteiger partial charge in [0.1, 0.15) is 0 Å². The number of para-hydroxylation sites is 1. The van der Waals surface area contributed by atoms with Crippen LogP contribution in [0.2, 0.25) is 0 Å². The molecule has 168 valence electrons. The van der Waals surface area contributed by atoms with Gasteiger partial charge in [-0.15, -0.1) is 10.2 Å². The lowest BCUT2D eigenvalue weighted by Gasteiger charge is -2.18. The molecule has 1 aromatic carbocycles. The van der Waals surface area contributed by atoms with E-state index < -0.39 is 15.3 Å². The summed E-state index contributed by atoms with van der Waals surface area (Å²) in [5.74, 6) is -0.0198. The normalized spacial score (nSPS) is 13.3. The first-order valence-electron chi connectivity index (χ1n) is 10.4. The molecule has 0 aliphatic rings. The van der Waals surface area contributed by atoms with Crippen LogP contribution in [0.15, 0.2) is 52.6 Å². The number of thioether (sulfide) groups is 1. The zero-order valence-corrected chi connectivity index (χ0v) is 20.0. The van der Waals surface area contributed by atoms with Gasteiger partial charge in [0.25, 0.3) is 0 Å². The molecule has 3 aromatic heterocycles. The van der Waals surface area contributed by atoms with Crippen LogP contribution in [0, 0.1) is 6.92 Å². The predicted molar refractivity (Wildman–Crippen MR) is 126 cm³/mol. The Labute approximate surface area is 191 Å². The number of carbonyl (C=O) groups excluding carboxylic acids is 1. The van der Waals surface area contributed by atoms with Gasteiger partial charge in [-0.05, 0) is 32.0 Å². The van der Waals surface area contributed by atoms with Crippen molar-refractivity contribution >= 4 is 44.1 Å². The summed E-state index contributed by atoms with van der Waals surface area (Å²) < 4.78 is 28.9. The third kappa shape index (κ3) is 3.82. The smallest absolute Gasteiger partial charge is 0.244 e. The van der Waals surface area contributed by atoms with Gasteiger partial charge in [0.05, 0.1) is 10.1 Å². The molecule has 4 aromatic rings. The van der Waals surface area contributed by atoms with E-state index in [9.17, 15) is 13.2 Å². The number of aromatic amines is 1. The van der Waals surface area contributed by atoms with Crippen molar-refractivity contribution < 1.29 is 13.2 Å². The molecular formula is C22H25N5O3S2. The molecule has 32 heavy (non-hydrogen) atoms. The number of pyridine rings is 1. The Morgan fingerprint density at radius 1 is 1.16 bits per heavy atom. The SMILES string of the molecule is CCN(CC)S(=O)(=O)c1ccc2nnc(S[C@@H](C)C(=O)c3c(C)[nH]c4ccccc34)n2c1. The van der Waals surface area contributed by atoms with Crippen molar-refractivity contribution in [2.45, 2.75) is 43.0 Å². The molecule has 0 spiro atoms. The van der Waals surface area contributed by atoms with Crippen LogP contribution in [0.5, 0.6) is 0 Å². The van der Waals surface area contributed by atoms with Gasteiger partial charge in [-0.3, -0.25) is 9.20 Å². The number of carbonyl (C=O) groups is 1. The van der Waals surface area contributed by atoms with Crippen LogP contribution in [0.4, 0.5) is 0 Å². The van der Waals surface area contributed by atoms with Crippen LogP contribution in [-0.2, 0) is 10.0 Å². The minimum Gasteiger partial charge on any atom is -0.358 e. The van der Waals surface area contributed by atoms with E-state index in [1.165, 1.54) is 28.3 Å². The number of aryl methyl sites for hydroxylation is 1. The molecule has 0 fully saturated rings. The van der Waals surface area contributed by atoms with Gasteiger partial charge in [0, 0.05) is 41.4 Å². The van der Waals surface area contributed by atoms with Gasteiger partial charge in [0.15, 0.2) is 16.6 Å². The van der Waals surface area contributed by atoms with Crippen molar-refractivity contribution in [3.8, 4) is 0 Å². The summed E-state index contributed by atoms with van der Waals surface area (Å²) in [6, 6.07) is 10.9. The first kappa shape index (κ1) is 22.5. The van der Waals surface area contributed by atoms with E-state index in [1.807, 2.05) is 38.1 Å². The fraction of sp³-hybridized carbons (Fsp3) is 0.318. The minimum absolute atomic E-state index is 0.0198. The maximum absolute atomic E-state index is 13.3. The highest BCUT2D eigenvalue weighted by molar-refractivity contribution is 8.00. The number of hydrogen-bond acceptors (Lipinski definition) is 6. The molecule has 0 aliphatic carbocycles. The number of sulfonamides is 1. The maximum atomic E-state index is 13.3. The molecule has 0 saturated heterocycles. The van der Waals surface area contributed by atoms with Crippen LogP contribution in [0.3, 0.4) is 0 Å². The zero-order valence-electron chi connectivity index (χ0n) is 18.4. The van der Waals surface area contributed by atoms with Gasteiger partial charge in [-0.2, -0.15) is 4.31 Å². The molecule has 0 amide bonds. The molecule has 3 heterocycles. The molecule has 0 saturated carbocycles. The zero-order chi connectivity index (χ0) is 23.0. The van der Waals surface area contributed by atoms with E-state index in [1.54, 1.807) is 24.3 Å². The van der Waals surface area contributed by atoms with Gasteiger partial charge in [-0.25, -0.2) is 8.42 Å². The summed E-state index contributed by atoms with van der Waals surface area (Å²) in [5.41, 5.74) is 2.93. The predicted octanol–water partition coefficient (Wildman–Crippen LogP) is 3.91. The van der Waals surface area contributed by atoms with Crippen LogP contribution < -0.4 is 0 Å². The van der Waals surface area contributed by atoms with E-state index in [0.29, 0.717) is 29.5 Å². The standard InChI is InChI=1S/C22H25N5O3S2/c1-5-26(6-2)32(29,30)16-11-12-19-24-25-22(27(19)13-16)31-15(4)21(28)20-14(3)23-18-10-8-7-9-17(18)20/h7-13,15,23H,5-6H2,1-4H3/t15-/m0/s1. The summed E-state index contributed by atoms with van der Waals surface area (Å²) in [7, 11) is -3.62. The largest absolute Gasteiger partial charge is 0.358 e. The fourth-order valence-electron chi connectivity index (χ4n) is 3.80. The van der Waals surface area contributed by atoms with E-state index in [0.717, 1.165) is 16.6 Å². The number of nitrogens with one attached hydrogen (secondary N) is 1. The highest BCUT2D eigenvalue weighted by Gasteiger charge is 2.26. The van der Waals surface area contributed by atoms with Crippen molar-refractivity contribution in [3.63, 3.8) is 0 Å². The maximum Gasteiger partial charge on any atom is 0.244 e. The highest BCUT2D eigenvalue weighted by atomic mass is 32.2. The lowest BCUT2D eigenvalue weighted by molar-refractivity contribution is 0.0995. The Morgan fingerprint density at radius 2 is 1.88 bits per heavy atom. The number of fused-ring (bicyclic) bond motifs is 2. The topological polar surface area (TPSA) is 100 Å². The Hall–Kier alpha value is -2.69. The third-order valence-corrected chi connectivity index (χ3v) is 8.57. The lowest BCUT2D eigenvalue weighted by Crippen LogP contribution is -2.30. The van der Waals surface area contributed by atoms with Crippen molar-refractivity contribution in [3.05, 3.63) is 53.9 Å². The second kappa shape index (κ2) is 8.68. The molecule has 8 nitrogen and oxygen atoms in total.